The number of H-pyrrole nitrogens is 1. The number of benzene rings is 2. The van der Waals surface area contributed by atoms with Crippen molar-refractivity contribution in [2.45, 2.75) is 19.9 Å². The standard InChI is InChI=1S/C22H23N5/c1-16-13-21(27-22(26-16)25-14-17-7-3-2-4-8-17)23-12-11-18-15-24-20-10-6-5-9-19(18)20/h2-10,13,15,24H,11-12,14H2,1H3,(H2,23,25,26,27). The topological polar surface area (TPSA) is 65.6 Å². The lowest BCUT2D eigenvalue weighted by atomic mass is 10.1. The van der Waals surface area contributed by atoms with Crippen molar-refractivity contribution in [3.63, 3.8) is 0 Å². The molecule has 0 saturated carbocycles. The van der Waals surface area contributed by atoms with Crippen LogP contribution in [0, 0.1) is 6.92 Å². The van der Waals surface area contributed by atoms with Crippen LogP contribution in [-0.2, 0) is 13.0 Å². The summed E-state index contributed by atoms with van der Waals surface area (Å²) in [6.07, 6.45) is 3.02. The summed E-state index contributed by atoms with van der Waals surface area (Å²) >= 11 is 0. The molecular weight excluding hydrogens is 334 g/mol. The van der Waals surface area contributed by atoms with E-state index in [0.29, 0.717) is 12.5 Å². The van der Waals surface area contributed by atoms with Gasteiger partial charge in [-0.05, 0) is 30.5 Å². The van der Waals surface area contributed by atoms with E-state index < -0.39 is 0 Å². The fourth-order valence-corrected chi connectivity index (χ4v) is 3.18. The molecule has 0 aliphatic heterocycles. The normalized spacial score (nSPS) is 10.9. The van der Waals surface area contributed by atoms with Gasteiger partial charge in [0.25, 0.3) is 0 Å². The van der Waals surface area contributed by atoms with Gasteiger partial charge >= 0.3 is 0 Å². The van der Waals surface area contributed by atoms with Crippen LogP contribution in [0.3, 0.4) is 0 Å². The lowest BCUT2D eigenvalue weighted by Gasteiger charge is -2.10. The van der Waals surface area contributed by atoms with Gasteiger partial charge in [-0.15, -0.1) is 0 Å². The van der Waals surface area contributed by atoms with Crippen LogP contribution in [-0.4, -0.2) is 21.5 Å². The highest BCUT2D eigenvalue weighted by Crippen LogP contribution is 2.18. The van der Waals surface area contributed by atoms with E-state index in [4.69, 9.17) is 0 Å². The molecule has 3 N–H and O–H groups in total. The molecule has 0 bridgehead atoms. The molecule has 0 radical (unpaired) electrons. The van der Waals surface area contributed by atoms with Crippen LogP contribution < -0.4 is 10.6 Å². The molecule has 5 heteroatoms. The number of aromatic nitrogens is 3. The first kappa shape index (κ1) is 17.1. The predicted octanol–water partition coefficient (Wildman–Crippen LogP) is 4.53. The molecule has 4 rings (SSSR count). The van der Waals surface area contributed by atoms with Gasteiger partial charge in [0.15, 0.2) is 0 Å². The molecule has 0 fully saturated rings. The third kappa shape index (κ3) is 4.26. The molecule has 0 unspecified atom stereocenters. The summed E-state index contributed by atoms with van der Waals surface area (Å²) in [4.78, 5) is 12.4. The number of aryl methyl sites for hydroxylation is 1. The van der Waals surface area contributed by atoms with Gasteiger partial charge in [0, 0.05) is 41.9 Å². The fourth-order valence-electron chi connectivity index (χ4n) is 3.18. The number of rotatable bonds is 7. The van der Waals surface area contributed by atoms with Crippen molar-refractivity contribution in [3.05, 3.63) is 83.7 Å². The zero-order valence-electron chi connectivity index (χ0n) is 15.4. The van der Waals surface area contributed by atoms with Crippen LogP contribution in [0.2, 0.25) is 0 Å². The van der Waals surface area contributed by atoms with Gasteiger partial charge in [-0.25, -0.2) is 4.98 Å². The van der Waals surface area contributed by atoms with Gasteiger partial charge in [-0.2, -0.15) is 4.98 Å². The van der Waals surface area contributed by atoms with Crippen molar-refractivity contribution >= 4 is 22.7 Å². The largest absolute Gasteiger partial charge is 0.370 e. The molecule has 2 heterocycles. The molecule has 0 aliphatic rings. The maximum Gasteiger partial charge on any atom is 0.225 e. The highest BCUT2D eigenvalue weighted by Gasteiger charge is 2.05. The second-order valence-electron chi connectivity index (χ2n) is 6.59. The summed E-state index contributed by atoms with van der Waals surface area (Å²) in [6.45, 7) is 3.51. The number of aromatic amines is 1. The third-order valence-corrected chi connectivity index (χ3v) is 4.52. The van der Waals surface area contributed by atoms with E-state index in [9.17, 15) is 0 Å². The van der Waals surface area contributed by atoms with Crippen molar-refractivity contribution in [1.29, 1.82) is 0 Å². The molecule has 2 aromatic heterocycles. The van der Waals surface area contributed by atoms with Crippen molar-refractivity contribution in [3.8, 4) is 0 Å². The van der Waals surface area contributed by atoms with E-state index >= 15 is 0 Å². The molecule has 5 nitrogen and oxygen atoms in total. The van der Waals surface area contributed by atoms with Crippen molar-refractivity contribution in [1.82, 2.24) is 15.0 Å². The summed E-state index contributed by atoms with van der Waals surface area (Å²) in [7, 11) is 0. The van der Waals surface area contributed by atoms with E-state index in [-0.39, 0.29) is 0 Å². The van der Waals surface area contributed by atoms with Gasteiger partial charge in [-0.3, -0.25) is 0 Å². The number of anilines is 2. The zero-order valence-corrected chi connectivity index (χ0v) is 15.4. The van der Waals surface area contributed by atoms with Crippen LogP contribution in [0.1, 0.15) is 16.8 Å². The van der Waals surface area contributed by atoms with Crippen LogP contribution in [0.4, 0.5) is 11.8 Å². The Balaban J connectivity index is 1.38. The maximum atomic E-state index is 4.59. The summed E-state index contributed by atoms with van der Waals surface area (Å²) in [6, 6.07) is 20.6. The first-order valence-corrected chi connectivity index (χ1v) is 9.20. The lowest BCUT2D eigenvalue weighted by molar-refractivity contribution is 0.986. The number of hydrogen-bond donors (Lipinski definition) is 3. The maximum absolute atomic E-state index is 4.59. The van der Waals surface area contributed by atoms with Crippen LogP contribution >= 0.6 is 0 Å². The summed E-state index contributed by atoms with van der Waals surface area (Å²) < 4.78 is 0. The molecule has 27 heavy (non-hydrogen) atoms. The smallest absolute Gasteiger partial charge is 0.225 e. The van der Waals surface area contributed by atoms with E-state index in [1.807, 2.05) is 31.2 Å². The van der Waals surface area contributed by atoms with Gasteiger partial charge in [-0.1, -0.05) is 48.5 Å². The predicted molar refractivity (Wildman–Crippen MR) is 111 cm³/mol. The van der Waals surface area contributed by atoms with Gasteiger partial charge in [0.05, 0.1) is 0 Å². The molecule has 0 amide bonds. The Morgan fingerprint density at radius 2 is 1.74 bits per heavy atom. The summed E-state index contributed by atoms with van der Waals surface area (Å²) in [5.74, 6) is 1.49. The molecule has 136 valence electrons. The zero-order chi connectivity index (χ0) is 18.5. The van der Waals surface area contributed by atoms with Gasteiger partial charge < -0.3 is 15.6 Å². The van der Waals surface area contributed by atoms with Gasteiger partial charge in [0.1, 0.15) is 5.82 Å². The minimum atomic E-state index is 0.647. The third-order valence-electron chi connectivity index (χ3n) is 4.52. The first-order chi connectivity index (χ1) is 13.3. The van der Waals surface area contributed by atoms with E-state index in [0.717, 1.165) is 24.5 Å². The van der Waals surface area contributed by atoms with E-state index in [2.05, 4.69) is 68.2 Å². The Morgan fingerprint density at radius 1 is 0.926 bits per heavy atom. The lowest BCUT2D eigenvalue weighted by Crippen LogP contribution is -2.10. The average Bonchev–Trinajstić information content (AvgIpc) is 3.10. The van der Waals surface area contributed by atoms with E-state index in [1.54, 1.807) is 0 Å². The molecule has 0 spiro atoms. The minimum absolute atomic E-state index is 0.647. The van der Waals surface area contributed by atoms with E-state index in [1.165, 1.54) is 22.0 Å². The van der Waals surface area contributed by atoms with Crippen LogP contribution in [0.25, 0.3) is 10.9 Å². The Kier molecular flexibility index (Phi) is 5.01. The molecule has 4 aromatic rings. The van der Waals surface area contributed by atoms with Crippen LogP contribution in [0.5, 0.6) is 0 Å². The quantitative estimate of drug-likeness (QED) is 0.454. The fraction of sp³-hybridized carbons (Fsp3) is 0.182. The highest BCUT2D eigenvalue weighted by atomic mass is 15.1. The number of para-hydroxylation sites is 1. The Labute approximate surface area is 158 Å². The number of nitrogens with one attached hydrogen (secondary N) is 3. The second kappa shape index (κ2) is 7.91. The molecule has 0 saturated heterocycles. The van der Waals surface area contributed by atoms with Crippen molar-refractivity contribution in [2.75, 3.05) is 17.2 Å². The Morgan fingerprint density at radius 3 is 2.63 bits per heavy atom. The molecule has 0 aliphatic carbocycles. The number of nitrogens with zero attached hydrogens (tertiary/aromatic N) is 2. The van der Waals surface area contributed by atoms with Crippen LogP contribution in [0.15, 0.2) is 66.9 Å². The summed E-state index contributed by atoms with van der Waals surface area (Å²) in [5.41, 5.74) is 4.63. The Hall–Kier alpha value is -3.34. The van der Waals surface area contributed by atoms with Crippen molar-refractivity contribution < 1.29 is 0 Å². The van der Waals surface area contributed by atoms with Crippen molar-refractivity contribution in [2.24, 2.45) is 0 Å². The monoisotopic (exact) mass is 357 g/mol. The average molecular weight is 357 g/mol. The SMILES string of the molecule is Cc1cc(NCCc2c[nH]c3ccccc23)nc(NCc2ccccc2)n1. The molecular formula is C22H23N5. The second-order valence-corrected chi connectivity index (χ2v) is 6.59. The van der Waals surface area contributed by atoms with Gasteiger partial charge in [0.2, 0.25) is 5.95 Å². The highest BCUT2D eigenvalue weighted by molar-refractivity contribution is 5.83. The summed E-state index contributed by atoms with van der Waals surface area (Å²) in [5, 5.41) is 8.01. The Bertz CT molecular complexity index is 1020. The molecule has 2 aromatic carbocycles. The first-order valence-electron chi connectivity index (χ1n) is 9.20. The minimum Gasteiger partial charge on any atom is -0.370 e. The number of hydrogen-bond acceptors (Lipinski definition) is 4. The molecule has 0 atom stereocenters. The number of fused-ring (bicyclic) bond motifs is 1.